The van der Waals surface area contributed by atoms with Crippen molar-refractivity contribution >= 4 is 11.7 Å². The third-order valence-electron chi connectivity index (χ3n) is 2.68. The van der Waals surface area contributed by atoms with Crippen LogP contribution in [0.1, 0.15) is 15.9 Å². The second-order valence-electron chi connectivity index (χ2n) is 4.06. The average molecular weight is 292 g/mol. The van der Waals surface area contributed by atoms with E-state index in [-0.39, 0.29) is 5.56 Å². The van der Waals surface area contributed by atoms with Crippen molar-refractivity contribution in [3.8, 4) is 11.6 Å². The van der Waals surface area contributed by atoms with Gasteiger partial charge in [0.25, 0.3) is 0 Å². The van der Waals surface area contributed by atoms with Crippen LogP contribution >= 0.6 is 0 Å². The Morgan fingerprint density at radius 3 is 2.76 bits per heavy atom. The van der Waals surface area contributed by atoms with Gasteiger partial charge in [-0.15, -0.1) is 0 Å². The van der Waals surface area contributed by atoms with Gasteiger partial charge in [0, 0.05) is 12.3 Å². The Hall–Kier alpha value is -3.03. The molecule has 1 N–H and O–H groups in total. The first-order valence-corrected chi connectivity index (χ1v) is 5.71. The summed E-state index contributed by atoms with van der Waals surface area (Å²) in [5.74, 6) is -3.39. The van der Waals surface area contributed by atoms with Crippen molar-refractivity contribution in [2.24, 2.45) is 0 Å². The van der Waals surface area contributed by atoms with Gasteiger partial charge in [0.1, 0.15) is 5.56 Å². The van der Waals surface area contributed by atoms with Gasteiger partial charge >= 0.3 is 11.7 Å². The summed E-state index contributed by atoms with van der Waals surface area (Å²) >= 11 is 0. The highest BCUT2D eigenvalue weighted by atomic mass is 19.1. The van der Waals surface area contributed by atoms with Crippen LogP contribution < -0.4 is 4.74 Å². The number of aromatic nitrogens is 1. The zero-order valence-electron chi connectivity index (χ0n) is 10.7. The van der Waals surface area contributed by atoms with Crippen LogP contribution in [-0.4, -0.2) is 21.0 Å². The first kappa shape index (κ1) is 14.4. The molecular weight excluding hydrogens is 283 g/mol. The number of carboxylic acid groups (broad SMARTS) is 1. The maximum absolute atomic E-state index is 13.7. The first-order valence-electron chi connectivity index (χ1n) is 5.71. The Morgan fingerprint density at radius 1 is 1.43 bits per heavy atom. The molecule has 7 nitrogen and oxygen atoms in total. The normalized spacial score (nSPS) is 10.2. The Balaban J connectivity index is 2.56. The summed E-state index contributed by atoms with van der Waals surface area (Å²) in [7, 11) is 0. The fourth-order valence-electron chi connectivity index (χ4n) is 1.71. The number of aryl methyl sites for hydroxylation is 1. The number of carboxylic acids is 1. The summed E-state index contributed by atoms with van der Waals surface area (Å²) in [5.41, 5.74) is -0.559. The van der Waals surface area contributed by atoms with Gasteiger partial charge in [0.2, 0.25) is 11.6 Å². The average Bonchev–Trinajstić information content (AvgIpc) is 2.40. The maximum atomic E-state index is 13.7. The number of nitrogens with zero attached hydrogens (tertiary/aromatic N) is 2. The number of rotatable bonds is 4. The molecule has 0 saturated heterocycles. The van der Waals surface area contributed by atoms with E-state index in [4.69, 9.17) is 9.84 Å². The van der Waals surface area contributed by atoms with Crippen molar-refractivity contribution < 1.29 is 24.0 Å². The van der Waals surface area contributed by atoms with Gasteiger partial charge in [-0.05, 0) is 24.6 Å². The summed E-state index contributed by atoms with van der Waals surface area (Å²) in [6.07, 6.45) is 1.27. The molecule has 0 radical (unpaired) electrons. The van der Waals surface area contributed by atoms with Crippen molar-refractivity contribution in [2.45, 2.75) is 6.92 Å². The number of para-hydroxylation sites is 1. The predicted octanol–water partition coefficient (Wildman–Crippen LogP) is 2.93. The highest BCUT2D eigenvalue weighted by Gasteiger charge is 2.24. The van der Waals surface area contributed by atoms with Crippen molar-refractivity contribution in [1.82, 2.24) is 4.98 Å². The lowest BCUT2D eigenvalue weighted by Crippen LogP contribution is -2.06. The minimum absolute atomic E-state index is 0.282. The lowest BCUT2D eigenvalue weighted by molar-refractivity contribution is -0.385. The third-order valence-corrected chi connectivity index (χ3v) is 2.68. The van der Waals surface area contributed by atoms with Gasteiger partial charge in [0.05, 0.1) is 4.92 Å². The first-order chi connectivity index (χ1) is 9.91. The predicted molar refractivity (Wildman–Crippen MR) is 69.1 cm³/mol. The highest BCUT2D eigenvalue weighted by Crippen LogP contribution is 2.34. The van der Waals surface area contributed by atoms with Gasteiger partial charge in [-0.1, -0.05) is 6.07 Å². The number of benzene rings is 1. The standard InChI is InChI=1S/C13H9FN2O5/c1-7-5-6-15-12(10(7)13(17)18)21-11-8(14)3-2-4-9(11)16(19)20/h2-6H,1H3,(H,17,18). The zero-order chi connectivity index (χ0) is 15.6. The summed E-state index contributed by atoms with van der Waals surface area (Å²) in [5, 5.41) is 20.0. The van der Waals surface area contributed by atoms with Crippen LogP contribution in [0, 0.1) is 22.9 Å². The van der Waals surface area contributed by atoms with Crippen molar-refractivity contribution in [1.29, 1.82) is 0 Å². The number of carbonyl (C=O) groups is 1. The fraction of sp³-hybridized carbons (Fsp3) is 0.0769. The van der Waals surface area contributed by atoms with E-state index >= 15 is 0 Å². The Morgan fingerprint density at radius 2 is 2.14 bits per heavy atom. The fourth-order valence-corrected chi connectivity index (χ4v) is 1.71. The molecule has 1 heterocycles. The Bertz CT molecular complexity index is 732. The van der Waals surface area contributed by atoms with E-state index in [1.54, 1.807) is 0 Å². The monoisotopic (exact) mass is 292 g/mol. The molecule has 2 aromatic rings. The number of aromatic carboxylic acids is 1. The number of ether oxygens (including phenoxy) is 1. The van der Waals surface area contributed by atoms with Crippen LogP contribution in [0.2, 0.25) is 0 Å². The second kappa shape index (κ2) is 5.53. The summed E-state index contributed by atoms with van der Waals surface area (Å²) in [4.78, 5) is 24.9. The largest absolute Gasteiger partial charge is 0.477 e. The van der Waals surface area contributed by atoms with Crippen LogP contribution in [0.5, 0.6) is 11.6 Å². The molecule has 0 bridgehead atoms. The van der Waals surface area contributed by atoms with Crippen LogP contribution in [0.3, 0.4) is 0 Å². The molecule has 2 rings (SSSR count). The minimum atomic E-state index is -1.32. The molecule has 0 atom stereocenters. The van der Waals surface area contributed by atoms with Gasteiger partial charge in [-0.2, -0.15) is 0 Å². The highest BCUT2D eigenvalue weighted by molar-refractivity contribution is 5.92. The zero-order valence-corrected chi connectivity index (χ0v) is 10.7. The van der Waals surface area contributed by atoms with E-state index in [0.29, 0.717) is 5.56 Å². The molecule has 0 unspecified atom stereocenters. The van der Waals surface area contributed by atoms with Crippen LogP contribution in [0.15, 0.2) is 30.5 Å². The Labute approximate surface area is 117 Å². The van der Waals surface area contributed by atoms with E-state index in [0.717, 1.165) is 18.2 Å². The molecule has 0 aliphatic heterocycles. The topological polar surface area (TPSA) is 103 Å². The lowest BCUT2D eigenvalue weighted by atomic mass is 10.1. The number of nitro benzene ring substituents is 1. The number of nitro groups is 1. The summed E-state index contributed by atoms with van der Waals surface area (Å²) in [6, 6.07) is 4.61. The molecular formula is C13H9FN2O5. The SMILES string of the molecule is Cc1ccnc(Oc2c(F)cccc2[N+](=O)[O-])c1C(=O)O. The van der Waals surface area contributed by atoms with E-state index in [9.17, 15) is 19.3 Å². The van der Waals surface area contributed by atoms with Crippen LogP contribution in [0.4, 0.5) is 10.1 Å². The molecule has 0 spiro atoms. The summed E-state index contributed by atoms with van der Waals surface area (Å²) < 4.78 is 18.8. The van der Waals surface area contributed by atoms with Gasteiger partial charge in [-0.25, -0.2) is 14.2 Å². The molecule has 1 aromatic carbocycles. The molecule has 0 saturated carbocycles. The maximum Gasteiger partial charge on any atom is 0.341 e. The van der Waals surface area contributed by atoms with E-state index in [2.05, 4.69) is 4.98 Å². The Kier molecular flexibility index (Phi) is 3.79. The molecule has 0 aliphatic rings. The summed E-state index contributed by atoms with van der Waals surface area (Å²) in [6.45, 7) is 1.51. The molecule has 108 valence electrons. The quantitative estimate of drug-likeness (QED) is 0.686. The van der Waals surface area contributed by atoms with E-state index in [1.807, 2.05) is 0 Å². The molecule has 0 amide bonds. The number of pyridine rings is 1. The number of halogens is 1. The van der Waals surface area contributed by atoms with Gasteiger partial charge < -0.3 is 9.84 Å². The molecule has 1 aromatic heterocycles. The molecule has 0 aliphatic carbocycles. The van der Waals surface area contributed by atoms with Crippen molar-refractivity contribution in [2.75, 3.05) is 0 Å². The van der Waals surface area contributed by atoms with Crippen molar-refractivity contribution in [3.05, 3.63) is 57.5 Å². The lowest BCUT2D eigenvalue weighted by Gasteiger charge is -2.10. The van der Waals surface area contributed by atoms with Gasteiger partial charge in [-0.3, -0.25) is 10.1 Å². The van der Waals surface area contributed by atoms with Crippen LogP contribution in [0.25, 0.3) is 0 Å². The van der Waals surface area contributed by atoms with Gasteiger partial charge in [0.15, 0.2) is 5.82 Å². The molecule has 8 heteroatoms. The number of hydrogen-bond acceptors (Lipinski definition) is 5. The smallest absolute Gasteiger partial charge is 0.341 e. The number of hydrogen-bond donors (Lipinski definition) is 1. The third kappa shape index (κ3) is 2.78. The second-order valence-corrected chi connectivity index (χ2v) is 4.06. The minimum Gasteiger partial charge on any atom is -0.477 e. The van der Waals surface area contributed by atoms with E-state index in [1.165, 1.54) is 19.2 Å². The molecule has 0 fully saturated rings. The van der Waals surface area contributed by atoms with Crippen molar-refractivity contribution in [3.63, 3.8) is 0 Å². The van der Waals surface area contributed by atoms with E-state index < -0.39 is 34.0 Å². The molecule has 21 heavy (non-hydrogen) atoms. The van der Waals surface area contributed by atoms with Crippen LogP contribution in [-0.2, 0) is 0 Å².